The molecule has 0 fully saturated rings. The number of fused-ring (bicyclic) bond motifs is 1. The van der Waals surface area contributed by atoms with E-state index < -0.39 is 30.1 Å². The van der Waals surface area contributed by atoms with E-state index in [1.165, 1.54) is 4.90 Å². The number of nitrogens with one attached hydrogen (secondary N) is 1. The molecule has 32 heavy (non-hydrogen) atoms. The summed E-state index contributed by atoms with van der Waals surface area (Å²) in [5.74, 6) is -1.60. The Morgan fingerprint density at radius 1 is 1.12 bits per heavy atom. The summed E-state index contributed by atoms with van der Waals surface area (Å²) in [7, 11) is 0. The van der Waals surface area contributed by atoms with Gasteiger partial charge in [0.15, 0.2) is 0 Å². The molecule has 1 aliphatic heterocycles. The van der Waals surface area contributed by atoms with Crippen LogP contribution >= 0.6 is 0 Å². The van der Waals surface area contributed by atoms with Gasteiger partial charge in [-0.1, -0.05) is 60.7 Å². The number of rotatable bonds is 9. The molecule has 0 unspecified atom stereocenters. The van der Waals surface area contributed by atoms with Crippen molar-refractivity contribution in [3.63, 3.8) is 0 Å². The Balaban J connectivity index is 1.75. The summed E-state index contributed by atoms with van der Waals surface area (Å²) in [6.07, 6.45) is 2.94. The Morgan fingerprint density at radius 2 is 1.81 bits per heavy atom. The number of carboxylic acid groups (broad SMARTS) is 1. The van der Waals surface area contributed by atoms with Gasteiger partial charge < -0.3 is 15.2 Å². The Labute approximate surface area is 187 Å². The molecule has 0 saturated carbocycles. The minimum absolute atomic E-state index is 0.0888. The first-order valence-corrected chi connectivity index (χ1v) is 10.7. The lowest BCUT2D eigenvalue weighted by Crippen LogP contribution is -2.55. The third-order valence-electron chi connectivity index (χ3n) is 5.51. The highest BCUT2D eigenvalue weighted by atomic mass is 16.6. The molecule has 1 heterocycles. The molecule has 2 atom stereocenters. The van der Waals surface area contributed by atoms with Gasteiger partial charge in [0.25, 0.3) is 0 Å². The second-order valence-corrected chi connectivity index (χ2v) is 7.78. The molecule has 3 rings (SSSR count). The maximum absolute atomic E-state index is 13.1. The van der Waals surface area contributed by atoms with Crippen molar-refractivity contribution in [2.24, 2.45) is 0 Å². The number of ether oxygens (including phenoxy) is 1. The molecule has 0 spiro atoms. The van der Waals surface area contributed by atoms with Crippen LogP contribution in [0.3, 0.4) is 0 Å². The molecule has 2 aromatic rings. The molecule has 0 aromatic heterocycles. The van der Waals surface area contributed by atoms with Crippen LogP contribution in [0.25, 0.3) is 0 Å². The van der Waals surface area contributed by atoms with E-state index in [-0.39, 0.29) is 19.6 Å². The van der Waals surface area contributed by atoms with E-state index >= 15 is 0 Å². The number of carboxylic acids is 1. The summed E-state index contributed by atoms with van der Waals surface area (Å²) >= 11 is 0. The maximum atomic E-state index is 13.1. The molecule has 0 saturated heterocycles. The van der Waals surface area contributed by atoms with Crippen LogP contribution in [0.15, 0.2) is 67.3 Å². The normalized spacial score (nSPS) is 15.9. The first kappa shape index (κ1) is 23.1. The number of carbonyl (C=O) groups is 3. The van der Waals surface area contributed by atoms with Crippen LogP contribution in [0, 0.1) is 0 Å². The fraction of sp³-hybridized carbons (Fsp3) is 0.320. The van der Waals surface area contributed by atoms with E-state index in [1.54, 1.807) is 6.08 Å². The molecule has 168 valence electrons. The topological polar surface area (TPSA) is 95.9 Å². The predicted molar refractivity (Wildman–Crippen MR) is 120 cm³/mol. The first-order chi connectivity index (χ1) is 15.5. The third kappa shape index (κ3) is 5.97. The van der Waals surface area contributed by atoms with Crippen molar-refractivity contribution in [1.29, 1.82) is 0 Å². The Morgan fingerprint density at radius 3 is 2.50 bits per heavy atom. The van der Waals surface area contributed by atoms with Gasteiger partial charge in [0.1, 0.15) is 18.7 Å². The molecule has 7 heteroatoms. The summed E-state index contributed by atoms with van der Waals surface area (Å²) in [5.41, 5.74) is 2.74. The second kappa shape index (κ2) is 11.1. The number of benzene rings is 2. The highest BCUT2D eigenvalue weighted by Crippen LogP contribution is 2.25. The van der Waals surface area contributed by atoms with Gasteiger partial charge in [0.05, 0.1) is 6.54 Å². The highest BCUT2D eigenvalue weighted by molar-refractivity contribution is 5.89. The summed E-state index contributed by atoms with van der Waals surface area (Å²) < 4.78 is 5.47. The molecular formula is C25H28N2O5. The lowest BCUT2D eigenvalue weighted by Gasteiger charge is -2.35. The van der Waals surface area contributed by atoms with Crippen LogP contribution in [0.2, 0.25) is 0 Å². The number of nitrogens with zero attached hydrogens (tertiary/aromatic N) is 1. The SMILES string of the molecule is C=CCCC[C@@H](NC(=O)[C@@H]1Cc2ccccc2CN1C(=O)OCc1ccccc1)C(=O)O. The van der Waals surface area contributed by atoms with E-state index in [4.69, 9.17) is 4.74 Å². The van der Waals surface area contributed by atoms with Crippen LogP contribution in [0.1, 0.15) is 36.0 Å². The molecular weight excluding hydrogens is 408 g/mol. The van der Waals surface area contributed by atoms with Crippen LogP contribution in [-0.2, 0) is 33.9 Å². The van der Waals surface area contributed by atoms with Crippen molar-refractivity contribution in [2.75, 3.05) is 0 Å². The lowest BCUT2D eigenvalue weighted by atomic mass is 9.93. The van der Waals surface area contributed by atoms with Gasteiger partial charge in [-0.3, -0.25) is 9.69 Å². The van der Waals surface area contributed by atoms with Gasteiger partial charge in [0, 0.05) is 6.42 Å². The highest BCUT2D eigenvalue weighted by Gasteiger charge is 2.37. The molecule has 0 aliphatic carbocycles. The van der Waals surface area contributed by atoms with Crippen molar-refractivity contribution in [1.82, 2.24) is 10.2 Å². The van der Waals surface area contributed by atoms with Gasteiger partial charge >= 0.3 is 12.1 Å². The van der Waals surface area contributed by atoms with E-state index in [0.29, 0.717) is 19.3 Å². The van der Waals surface area contributed by atoms with Crippen molar-refractivity contribution in [3.8, 4) is 0 Å². The van der Waals surface area contributed by atoms with E-state index in [9.17, 15) is 19.5 Å². The monoisotopic (exact) mass is 436 g/mol. The van der Waals surface area contributed by atoms with Crippen LogP contribution in [-0.4, -0.2) is 40.1 Å². The van der Waals surface area contributed by atoms with E-state index in [2.05, 4.69) is 11.9 Å². The lowest BCUT2D eigenvalue weighted by molar-refractivity contribution is -0.143. The third-order valence-corrected chi connectivity index (χ3v) is 5.51. The summed E-state index contributed by atoms with van der Waals surface area (Å²) in [6.45, 7) is 3.94. The fourth-order valence-corrected chi connectivity index (χ4v) is 3.74. The first-order valence-electron chi connectivity index (χ1n) is 10.7. The second-order valence-electron chi connectivity index (χ2n) is 7.78. The molecule has 0 bridgehead atoms. The quantitative estimate of drug-likeness (QED) is 0.462. The average molecular weight is 437 g/mol. The standard InChI is InChI=1S/C25H28N2O5/c1-2-3-5-14-21(24(29)30)26-23(28)22-15-19-12-8-9-13-20(19)16-27(22)25(31)32-17-18-10-6-4-7-11-18/h2,4,6-13,21-22H,1,3,5,14-17H2,(H,26,28)(H,29,30)/t21-,22+/m1/s1. The average Bonchev–Trinajstić information content (AvgIpc) is 2.81. The van der Waals surface area contributed by atoms with Crippen molar-refractivity contribution in [3.05, 3.63) is 83.9 Å². The van der Waals surface area contributed by atoms with Crippen molar-refractivity contribution in [2.45, 2.75) is 50.9 Å². The molecule has 0 radical (unpaired) electrons. The molecule has 2 aromatic carbocycles. The zero-order chi connectivity index (χ0) is 22.9. The fourth-order valence-electron chi connectivity index (χ4n) is 3.74. The summed E-state index contributed by atoms with van der Waals surface area (Å²) in [4.78, 5) is 39.0. The summed E-state index contributed by atoms with van der Waals surface area (Å²) in [5, 5.41) is 12.1. The molecule has 2 amide bonds. The maximum Gasteiger partial charge on any atom is 0.411 e. The van der Waals surface area contributed by atoms with Gasteiger partial charge in [-0.2, -0.15) is 0 Å². The van der Waals surface area contributed by atoms with Gasteiger partial charge in [0.2, 0.25) is 5.91 Å². The smallest absolute Gasteiger partial charge is 0.411 e. The van der Waals surface area contributed by atoms with Crippen LogP contribution in [0.4, 0.5) is 4.79 Å². The Hall–Kier alpha value is -3.61. The number of aliphatic carboxylic acids is 1. The van der Waals surface area contributed by atoms with E-state index in [1.807, 2.05) is 54.6 Å². The Kier molecular flexibility index (Phi) is 8.02. The van der Waals surface area contributed by atoms with Crippen LogP contribution < -0.4 is 5.32 Å². The zero-order valence-corrected chi connectivity index (χ0v) is 17.9. The van der Waals surface area contributed by atoms with Gasteiger partial charge in [-0.15, -0.1) is 6.58 Å². The van der Waals surface area contributed by atoms with Gasteiger partial charge in [-0.05, 0) is 36.0 Å². The molecule has 7 nitrogen and oxygen atoms in total. The number of unbranched alkanes of at least 4 members (excludes halogenated alkanes) is 1. The largest absolute Gasteiger partial charge is 0.480 e. The zero-order valence-electron chi connectivity index (χ0n) is 17.9. The number of hydrogen-bond donors (Lipinski definition) is 2. The van der Waals surface area contributed by atoms with Crippen molar-refractivity contribution < 1.29 is 24.2 Å². The number of amides is 2. The Bertz CT molecular complexity index is 960. The number of hydrogen-bond acceptors (Lipinski definition) is 4. The molecule has 2 N–H and O–H groups in total. The summed E-state index contributed by atoms with van der Waals surface area (Å²) in [6, 6.07) is 15.0. The number of carbonyl (C=O) groups excluding carboxylic acids is 2. The van der Waals surface area contributed by atoms with Crippen LogP contribution in [0.5, 0.6) is 0 Å². The van der Waals surface area contributed by atoms with E-state index in [0.717, 1.165) is 16.7 Å². The minimum Gasteiger partial charge on any atom is -0.480 e. The van der Waals surface area contributed by atoms with Gasteiger partial charge in [-0.25, -0.2) is 9.59 Å². The number of allylic oxidation sites excluding steroid dienone is 1. The van der Waals surface area contributed by atoms with Crippen molar-refractivity contribution >= 4 is 18.0 Å². The minimum atomic E-state index is -1.10. The molecule has 1 aliphatic rings. The predicted octanol–water partition coefficient (Wildman–Crippen LogP) is 3.68.